The van der Waals surface area contributed by atoms with Crippen molar-refractivity contribution in [1.29, 1.82) is 0 Å². The number of rotatable bonds is 3. The van der Waals surface area contributed by atoms with Gasteiger partial charge in [-0.05, 0) is 28.9 Å². The molecule has 0 radical (unpaired) electrons. The van der Waals surface area contributed by atoms with Gasteiger partial charge < -0.3 is 4.74 Å². The van der Waals surface area contributed by atoms with Crippen molar-refractivity contribution in [2.75, 3.05) is 0 Å². The Morgan fingerprint density at radius 3 is 2.80 bits per heavy atom. The van der Waals surface area contributed by atoms with Crippen molar-refractivity contribution >= 4 is 33.2 Å². The van der Waals surface area contributed by atoms with Crippen LogP contribution in [0.5, 0.6) is 11.6 Å². The van der Waals surface area contributed by atoms with Crippen LogP contribution in [-0.2, 0) is 0 Å². The van der Waals surface area contributed by atoms with Crippen LogP contribution in [-0.4, -0.2) is 14.9 Å². The molecule has 2 aromatic rings. The number of nitro benzene ring substituents is 1. The average Bonchev–Trinajstić information content (AvgIpc) is 2.38. The topological polar surface area (TPSA) is 78.2 Å². The van der Waals surface area contributed by atoms with Crippen LogP contribution in [0.3, 0.4) is 0 Å². The lowest BCUT2D eigenvalue weighted by Gasteiger charge is -2.08. The molecule has 0 aliphatic rings. The lowest BCUT2D eigenvalue weighted by molar-refractivity contribution is -0.385. The van der Waals surface area contributed by atoms with Crippen LogP contribution >= 0.6 is 27.5 Å². The Hall–Kier alpha value is -1.80. The number of hydrogen-bond acceptors (Lipinski definition) is 5. The van der Waals surface area contributed by atoms with E-state index in [-0.39, 0.29) is 32.5 Å². The Labute approximate surface area is 125 Å². The SMILES string of the molecule is Cc1cc(Oc2ncnc(Cl)c2Br)c(F)cc1[N+](=O)[O-]. The fourth-order valence-corrected chi connectivity index (χ4v) is 1.84. The van der Waals surface area contributed by atoms with Gasteiger partial charge in [-0.1, -0.05) is 11.6 Å². The van der Waals surface area contributed by atoms with E-state index in [1.54, 1.807) is 0 Å². The first-order valence-corrected chi connectivity index (χ1v) is 6.35. The molecule has 0 atom stereocenters. The Bertz CT molecular complexity index is 699. The monoisotopic (exact) mass is 361 g/mol. The van der Waals surface area contributed by atoms with Gasteiger partial charge in [0.15, 0.2) is 16.7 Å². The zero-order valence-corrected chi connectivity index (χ0v) is 12.3. The maximum atomic E-state index is 13.8. The summed E-state index contributed by atoms with van der Waals surface area (Å²) >= 11 is 8.86. The van der Waals surface area contributed by atoms with Crippen LogP contribution in [0.15, 0.2) is 22.9 Å². The van der Waals surface area contributed by atoms with Gasteiger partial charge in [-0.3, -0.25) is 10.1 Å². The van der Waals surface area contributed by atoms with E-state index >= 15 is 0 Å². The molecule has 6 nitrogen and oxygen atoms in total. The highest BCUT2D eigenvalue weighted by Gasteiger charge is 2.18. The van der Waals surface area contributed by atoms with Gasteiger partial charge in [0.2, 0.25) is 5.88 Å². The molecule has 0 fully saturated rings. The van der Waals surface area contributed by atoms with Crippen molar-refractivity contribution in [2.24, 2.45) is 0 Å². The van der Waals surface area contributed by atoms with E-state index < -0.39 is 10.7 Å². The summed E-state index contributed by atoms with van der Waals surface area (Å²) in [5.41, 5.74) is -0.0580. The second kappa shape index (κ2) is 5.68. The molecule has 1 heterocycles. The van der Waals surface area contributed by atoms with Crippen LogP contribution < -0.4 is 4.74 Å². The molecule has 2 rings (SSSR count). The minimum atomic E-state index is -0.871. The van der Waals surface area contributed by atoms with Gasteiger partial charge in [-0.2, -0.15) is 0 Å². The van der Waals surface area contributed by atoms with Crippen LogP contribution in [0.1, 0.15) is 5.56 Å². The fourth-order valence-electron chi connectivity index (χ4n) is 1.43. The summed E-state index contributed by atoms with van der Waals surface area (Å²) in [5, 5.41) is 10.8. The molecule has 0 saturated carbocycles. The van der Waals surface area contributed by atoms with Gasteiger partial charge >= 0.3 is 0 Å². The van der Waals surface area contributed by atoms with Crippen molar-refractivity contribution < 1.29 is 14.1 Å². The summed E-state index contributed by atoms with van der Waals surface area (Å²) < 4.78 is 19.3. The van der Waals surface area contributed by atoms with Gasteiger partial charge in [0.1, 0.15) is 10.8 Å². The largest absolute Gasteiger partial charge is 0.435 e. The summed E-state index contributed by atoms with van der Waals surface area (Å²) in [4.78, 5) is 17.5. The Balaban J connectivity index is 2.42. The van der Waals surface area contributed by atoms with E-state index in [1.165, 1.54) is 13.0 Å². The van der Waals surface area contributed by atoms with Crippen molar-refractivity contribution in [3.63, 3.8) is 0 Å². The summed E-state index contributed by atoms with van der Waals surface area (Å²) in [7, 11) is 0. The predicted molar refractivity (Wildman–Crippen MR) is 72.6 cm³/mol. The first kappa shape index (κ1) is 14.6. The quantitative estimate of drug-likeness (QED) is 0.468. The zero-order chi connectivity index (χ0) is 14.9. The van der Waals surface area contributed by atoms with Crippen molar-refractivity contribution in [3.05, 3.63) is 49.6 Å². The molecule has 0 unspecified atom stereocenters. The van der Waals surface area contributed by atoms with Crippen molar-refractivity contribution in [2.45, 2.75) is 6.92 Å². The third kappa shape index (κ3) is 2.86. The zero-order valence-electron chi connectivity index (χ0n) is 9.93. The fraction of sp³-hybridized carbons (Fsp3) is 0.0909. The van der Waals surface area contributed by atoms with E-state index in [0.717, 1.165) is 12.4 Å². The van der Waals surface area contributed by atoms with Crippen molar-refractivity contribution in [3.8, 4) is 11.6 Å². The molecule has 1 aromatic carbocycles. The number of halogens is 3. The maximum absolute atomic E-state index is 13.8. The highest BCUT2D eigenvalue weighted by molar-refractivity contribution is 9.10. The highest BCUT2D eigenvalue weighted by atomic mass is 79.9. The average molecular weight is 363 g/mol. The molecule has 0 aliphatic heterocycles. The third-order valence-electron chi connectivity index (χ3n) is 2.37. The van der Waals surface area contributed by atoms with Crippen LogP contribution in [0, 0.1) is 22.9 Å². The standard InChI is InChI=1S/C11H6BrClFN3O3/c1-5-2-8(6(14)3-7(5)17(18)19)20-11-9(12)10(13)15-4-16-11/h2-4H,1H3. The first-order chi connectivity index (χ1) is 9.40. The molecule has 0 N–H and O–H groups in total. The molecule has 0 aliphatic carbocycles. The van der Waals surface area contributed by atoms with Gasteiger partial charge in [-0.15, -0.1) is 0 Å². The lowest BCUT2D eigenvalue weighted by atomic mass is 10.2. The molecule has 9 heteroatoms. The minimum absolute atomic E-state index is 0.0113. The molecule has 0 amide bonds. The molecule has 0 spiro atoms. The number of ether oxygens (including phenoxy) is 1. The maximum Gasteiger partial charge on any atom is 0.275 e. The van der Waals surface area contributed by atoms with Crippen LogP contribution in [0.2, 0.25) is 5.15 Å². The normalized spacial score (nSPS) is 10.4. The van der Waals surface area contributed by atoms with Crippen LogP contribution in [0.25, 0.3) is 0 Å². The van der Waals surface area contributed by atoms with E-state index in [1.807, 2.05) is 0 Å². The number of hydrogen-bond donors (Lipinski definition) is 0. The second-order valence-electron chi connectivity index (χ2n) is 3.71. The Morgan fingerprint density at radius 1 is 1.45 bits per heavy atom. The Kier molecular flexibility index (Phi) is 4.15. The van der Waals surface area contributed by atoms with E-state index in [0.29, 0.717) is 0 Å². The molecule has 0 saturated heterocycles. The molecular formula is C11H6BrClFN3O3. The van der Waals surface area contributed by atoms with Gasteiger partial charge in [-0.25, -0.2) is 14.4 Å². The lowest BCUT2D eigenvalue weighted by Crippen LogP contribution is -1.97. The number of benzene rings is 1. The molecular weight excluding hydrogens is 356 g/mol. The summed E-state index contributed by atoms with van der Waals surface area (Å²) in [6, 6.07) is 2.01. The minimum Gasteiger partial charge on any atom is -0.435 e. The van der Waals surface area contributed by atoms with E-state index in [9.17, 15) is 14.5 Å². The van der Waals surface area contributed by atoms with Crippen LogP contribution in [0.4, 0.5) is 10.1 Å². The third-order valence-corrected chi connectivity index (χ3v) is 3.60. The van der Waals surface area contributed by atoms with E-state index in [4.69, 9.17) is 16.3 Å². The molecule has 0 bridgehead atoms. The summed E-state index contributed by atoms with van der Waals surface area (Å²) in [6.45, 7) is 1.48. The Morgan fingerprint density at radius 2 is 2.15 bits per heavy atom. The molecule has 1 aromatic heterocycles. The highest BCUT2D eigenvalue weighted by Crippen LogP contribution is 2.34. The molecule has 20 heavy (non-hydrogen) atoms. The first-order valence-electron chi connectivity index (χ1n) is 5.18. The second-order valence-corrected chi connectivity index (χ2v) is 4.86. The number of nitro groups is 1. The number of aromatic nitrogens is 2. The summed E-state index contributed by atoms with van der Waals surface area (Å²) in [5.74, 6) is -1.05. The molecule has 104 valence electrons. The number of nitrogens with zero attached hydrogens (tertiary/aromatic N) is 3. The summed E-state index contributed by atoms with van der Waals surface area (Å²) in [6.07, 6.45) is 1.15. The van der Waals surface area contributed by atoms with Gasteiger partial charge in [0, 0.05) is 5.56 Å². The van der Waals surface area contributed by atoms with Gasteiger partial charge in [0.25, 0.3) is 5.69 Å². The van der Waals surface area contributed by atoms with Crippen molar-refractivity contribution in [1.82, 2.24) is 9.97 Å². The predicted octanol–water partition coefficient (Wildman–Crippen LogP) is 4.04. The van der Waals surface area contributed by atoms with E-state index in [2.05, 4.69) is 25.9 Å². The smallest absolute Gasteiger partial charge is 0.275 e. The van der Waals surface area contributed by atoms with Gasteiger partial charge in [0.05, 0.1) is 11.0 Å². The number of aryl methyl sites for hydroxylation is 1.